The maximum atomic E-state index is 13.6. The van der Waals surface area contributed by atoms with Gasteiger partial charge in [0.2, 0.25) is 5.95 Å². The number of benzene rings is 1. The van der Waals surface area contributed by atoms with Crippen molar-refractivity contribution in [2.24, 2.45) is 7.05 Å². The molecule has 0 amide bonds. The van der Waals surface area contributed by atoms with Crippen LogP contribution in [0.2, 0.25) is 0 Å². The highest BCUT2D eigenvalue weighted by molar-refractivity contribution is 7.90. The molecule has 2 aromatic heterocycles. The molecule has 37 heavy (non-hydrogen) atoms. The SMILES string of the molecule is CCOc1cc(F)ccc1Oc1cc2cnc(NC3CCN(S(=O)(=O)C(F)(F)F)CC3)nc2n(C)c1=O. The van der Waals surface area contributed by atoms with Crippen molar-refractivity contribution in [3.8, 4) is 17.2 Å². The molecular formula is C22H23F4N5O5S. The third-order valence-corrected chi connectivity index (χ3v) is 7.39. The summed E-state index contributed by atoms with van der Waals surface area (Å²) < 4.78 is 87.8. The summed E-state index contributed by atoms with van der Waals surface area (Å²) in [6.07, 6.45) is 1.67. The van der Waals surface area contributed by atoms with Gasteiger partial charge in [-0.2, -0.15) is 22.5 Å². The Balaban J connectivity index is 1.52. The van der Waals surface area contributed by atoms with Gasteiger partial charge in [-0.3, -0.25) is 9.36 Å². The number of pyridine rings is 1. The largest absolute Gasteiger partial charge is 0.511 e. The molecule has 1 saturated heterocycles. The van der Waals surface area contributed by atoms with Crippen LogP contribution in [-0.2, 0) is 17.1 Å². The Kier molecular flexibility index (Phi) is 7.28. The molecule has 1 aromatic carbocycles. The summed E-state index contributed by atoms with van der Waals surface area (Å²) in [4.78, 5) is 21.5. The molecular weight excluding hydrogens is 522 g/mol. The van der Waals surface area contributed by atoms with Crippen LogP contribution in [0.1, 0.15) is 19.8 Å². The molecule has 1 N–H and O–H groups in total. The zero-order valence-corrected chi connectivity index (χ0v) is 20.6. The molecule has 0 saturated carbocycles. The minimum Gasteiger partial charge on any atom is -0.490 e. The number of alkyl halides is 3. The summed E-state index contributed by atoms with van der Waals surface area (Å²) >= 11 is 0. The maximum Gasteiger partial charge on any atom is 0.511 e. The summed E-state index contributed by atoms with van der Waals surface area (Å²) in [6, 6.07) is 4.73. The zero-order chi connectivity index (χ0) is 27.0. The van der Waals surface area contributed by atoms with Crippen LogP contribution in [0.3, 0.4) is 0 Å². The van der Waals surface area contributed by atoms with Gasteiger partial charge in [-0.1, -0.05) is 0 Å². The number of sulfonamides is 1. The Morgan fingerprint density at radius 3 is 2.49 bits per heavy atom. The van der Waals surface area contributed by atoms with Crippen LogP contribution in [-0.4, -0.2) is 58.5 Å². The van der Waals surface area contributed by atoms with E-state index >= 15 is 0 Å². The molecule has 1 aliphatic rings. The third kappa shape index (κ3) is 5.46. The lowest BCUT2D eigenvalue weighted by Crippen LogP contribution is -2.47. The minimum atomic E-state index is -5.37. The van der Waals surface area contributed by atoms with Crippen LogP contribution in [0.25, 0.3) is 11.0 Å². The van der Waals surface area contributed by atoms with E-state index in [1.54, 1.807) is 6.92 Å². The lowest BCUT2D eigenvalue weighted by atomic mass is 10.1. The van der Waals surface area contributed by atoms with Crippen molar-refractivity contribution in [3.05, 3.63) is 46.6 Å². The summed E-state index contributed by atoms with van der Waals surface area (Å²) in [6.45, 7) is 1.37. The number of aromatic nitrogens is 3. The van der Waals surface area contributed by atoms with Crippen molar-refractivity contribution in [3.63, 3.8) is 0 Å². The van der Waals surface area contributed by atoms with E-state index in [1.165, 1.54) is 36.0 Å². The zero-order valence-electron chi connectivity index (χ0n) is 19.7. The highest BCUT2D eigenvalue weighted by Gasteiger charge is 2.50. The topological polar surface area (TPSA) is 116 Å². The van der Waals surface area contributed by atoms with Gasteiger partial charge in [0.25, 0.3) is 5.56 Å². The first-order valence-electron chi connectivity index (χ1n) is 11.2. The molecule has 200 valence electrons. The van der Waals surface area contributed by atoms with Crippen LogP contribution >= 0.6 is 0 Å². The van der Waals surface area contributed by atoms with Gasteiger partial charge in [-0.25, -0.2) is 17.8 Å². The molecule has 4 rings (SSSR count). The summed E-state index contributed by atoms with van der Waals surface area (Å²) in [5.74, 6) is -0.175. The maximum absolute atomic E-state index is 13.6. The average molecular weight is 546 g/mol. The molecule has 10 nitrogen and oxygen atoms in total. The molecule has 3 heterocycles. The van der Waals surface area contributed by atoms with Crippen molar-refractivity contribution in [1.82, 2.24) is 18.8 Å². The molecule has 1 fully saturated rings. The van der Waals surface area contributed by atoms with Crippen molar-refractivity contribution >= 4 is 27.0 Å². The van der Waals surface area contributed by atoms with Crippen LogP contribution < -0.4 is 20.3 Å². The number of aryl methyl sites for hydroxylation is 1. The fraction of sp³-hybridized carbons (Fsp3) is 0.409. The van der Waals surface area contributed by atoms with Crippen molar-refractivity contribution in [2.45, 2.75) is 31.3 Å². The predicted octanol–water partition coefficient (Wildman–Crippen LogP) is 3.38. The Morgan fingerprint density at radius 2 is 1.84 bits per heavy atom. The molecule has 0 spiro atoms. The first kappa shape index (κ1) is 26.6. The second-order valence-electron chi connectivity index (χ2n) is 8.24. The molecule has 3 aromatic rings. The number of ether oxygens (including phenoxy) is 2. The van der Waals surface area contributed by atoms with Crippen molar-refractivity contribution in [1.29, 1.82) is 0 Å². The quantitative estimate of drug-likeness (QED) is 0.450. The van der Waals surface area contributed by atoms with Crippen molar-refractivity contribution < 1.29 is 35.5 Å². The summed E-state index contributed by atoms with van der Waals surface area (Å²) in [5, 5.41) is 3.44. The predicted molar refractivity (Wildman–Crippen MR) is 126 cm³/mol. The molecule has 0 atom stereocenters. The third-order valence-electron chi connectivity index (χ3n) is 5.76. The van der Waals surface area contributed by atoms with E-state index in [0.29, 0.717) is 9.69 Å². The van der Waals surface area contributed by atoms with Gasteiger partial charge in [-0.15, -0.1) is 0 Å². The molecule has 0 unspecified atom stereocenters. The first-order valence-corrected chi connectivity index (χ1v) is 12.6. The standard InChI is InChI=1S/C22H23F4N5O5S/c1-3-35-17-11-14(23)4-5-16(17)36-18-10-13-12-27-21(29-19(13)30(2)20(18)32)28-15-6-8-31(9-7-15)37(33,34)22(24,25)26/h4-5,10-12,15H,3,6-9H2,1-2H3,(H,27,28,29). The molecule has 1 aliphatic heterocycles. The smallest absolute Gasteiger partial charge is 0.490 e. The van der Waals surface area contributed by atoms with Crippen LogP contribution in [0.15, 0.2) is 35.3 Å². The van der Waals surface area contributed by atoms with Crippen molar-refractivity contribution in [2.75, 3.05) is 25.0 Å². The second-order valence-corrected chi connectivity index (χ2v) is 10.2. The van der Waals surface area contributed by atoms with Gasteiger partial charge < -0.3 is 14.8 Å². The number of halogens is 4. The highest BCUT2D eigenvalue weighted by Crippen LogP contribution is 2.32. The number of anilines is 1. The van der Waals surface area contributed by atoms with E-state index in [0.717, 1.165) is 6.07 Å². The minimum absolute atomic E-state index is 0.0647. The van der Waals surface area contributed by atoms with E-state index < -0.39 is 26.9 Å². The van der Waals surface area contributed by atoms with Gasteiger partial charge in [-0.05, 0) is 38.0 Å². The Morgan fingerprint density at radius 1 is 1.14 bits per heavy atom. The Labute approximate surface area is 208 Å². The number of nitrogens with one attached hydrogen (secondary N) is 1. The van der Waals surface area contributed by atoms with E-state index in [2.05, 4.69) is 15.3 Å². The van der Waals surface area contributed by atoms with Crippen LogP contribution in [0, 0.1) is 5.82 Å². The lowest BCUT2D eigenvalue weighted by Gasteiger charge is -2.31. The number of rotatable bonds is 7. The summed E-state index contributed by atoms with van der Waals surface area (Å²) in [5.41, 5.74) is -5.62. The fourth-order valence-electron chi connectivity index (χ4n) is 3.88. The summed E-state index contributed by atoms with van der Waals surface area (Å²) in [7, 11) is -3.90. The van der Waals surface area contributed by atoms with E-state index in [-0.39, 0.29) is 67.4 Å². The number of hydrogen-bond donors (Lipinski definition) is 1. The number of piperidine rings is 1. The van der Waals surface area contributed by atoms with Gasteiger partial charge in [0, 0.05) is 43.8 Å². The first-order chi connectivity index (χ1) is 17.4. The Bertz CT molecular complexity index is 1470. The van der Waals surface area contributed by atoms with Gasteiger partial charge in [0.05, 0.1) is 6.61 Å². The van der Waals surface area contributed by atoms with Crippen LogP contribution in [0.4, 0.5) is 23.5 Å². The number of hydrogen-bond acceptors (Lipinski definition) is 8. The van der Waals surface area contributed by atoms with Gasteiger partial charge >= 0.3 is 15.5 Å². The average Bonchev–Trinajstić information content (AvgIpc) is 2.84. The molecule has 0 aliphatic carbocycles. The molecule has 0 radical (unpaired) electrons. The number of fused-ring (bicyclic) bond motifs is 1. The van der Waals surface area contributed by atoms with E-state index in [9.17, 15) is 30.8 Å². The van der Waals surface area contributed by atoms with E-state index in [1.807, 2.05) is 0 Å². The lowest BCUT2D eigenvalue weighted by molar-refractivity contribution is -0.0494. The van der Waals surface area contributed by atoms with E-state index in [4.69, 9.17) is 9.47 Å². The van der Waals surface area contributed by atoms with Crippen LogP contribution in [0.5, 0.6) is 17.2 Å². The highest BCUT2D eigenvalue weighted by atomic mass is 32.2. The second kappa shape index (κ2) is 10.1. The van der Waals surface area contributed by atoms with Gasteiger partial charge in [0.15, 0.2) is 17.2 Å². The monoisotopic (exact) mass is 545 g/mol. The Hall–Kier alpha value is -3.46. The van der Waals surface area contributed by atoms with Gasteiger partial charge in [0.1, 0.15) is 11.5 Å². The normalized spacial score (nSPS) is 15.6. The molecule has 0 bridgehead atoms. The molecule has 15 heteroatoms. The fourth-order valence-corrected chi connectivity index (χ4v) is 4.87. The number of nitrogens with zero attached hydrogens (tertiary/aromatic N) is 4.